The van der Waals surface area contributed by atoms with Gasteiger partial charge in [0.05, 0.1) is 4.47 Å². The van der Waals surface area contributed by atoms with E-state index in [2.05, 4.69) is 36.5 Å². The molecule has 2 amide bonds. The number of carbonyl (C=O) groups excluding carboxylic acids is 1. The molecule has 1 aromatic heterocycles. The number of hydrogen-bond acceptors (Lipinski definition) is 4. The average molecular weight is 340 g/mol. The van der Waals surface area contributed by atoms with Gasteiger partial charge in [0.1, 0.15) is 18.0 Å². The maximum atomic E-state index is 13.0. The SMILES string of the molecule is Nc1ncncc1CNC(=O)Nc1ccc(F)c(Br)c1. The van der Waals surface area contributed by atoms with Crippen molar-refractivity contribution in [3.05, 3.63) is 46.6 Å². The second-order valence-corrected chi connectivity index (χ2v) is 4.72. The van der Waals surface area contributed by atoms with E-state index in [1.165, 1.54) is 30.7 Å². The Balaban J connectivity index is 1.93. The lowest BCUT2D eigenvalue weighted by atomic mass is 10.3. The summed E-state index contributed by atoms with van der Waals surface area (Å²) in [4.78, 5) is 19.3. The summed E-state index contributed by atoms with van der Waals surface area (Å²) in [6, 6.07) is 3.74. The molecule has 4 N–H and O–H groups in total. The van der Waals surface area contributed by atoms with Crippen LogP contribution in [0.1, 0.15) is 5.56 Å². The second kappa shape index (κ2) is 6.29. The number of halogens is 2. The molecule has 2 aromatic rings. The summed E-state index contributed by atoms with van der Waals surface area (Å²) in [6.45, 7) is 0.195. The van der Waals surface area contributed by atoms with E-state index in [9.17, 15) is 9.18 Å². The van der Waals surface area contributed by atoms with E-state index in [4.69, 9.17) is 5.73 Å². The van der Waals surface area contributed by atoms with Gasteiger partial charge in [0, 0.05) is 24.0 Å². The topological polar surface area (TPSA) is 92.9 Å². The minimum atomic E-state index is -0.438. The Bertz CT molecular complexity index is 637. The third-order valence-electron chi connectivity index (χ3n) is 2.44. The molecule has 1 heterocycles. The summed E-state index contributed by atoms with van der Waals surface area (Å²) in [5.74, 6) is -0.0880. The number of rotatable bonds is 3. The van der Waals surface area contributed by atoms with Gasteiger partial charge in [-0.3, -0.25) is 0 Å². The Kier molecular flexibility index (Phi) is 4.46. The molecule has 0 aliphatic carbocycles. The maximum absolute atomic E-state index is 13.0. The Morgan fingerprint density at radius 1 is 1.45 bits per heavy atom. The van der Waals surface area contributed by atoms with Gasteiger partial charge in [0.15, 0.2) is 0 Å². The molecule has 0 radical (unpaired) electrons. The fraction of sp³-hybridized carbons (Fsp3) is 0.0833. The number of benzene rings is 1. The van der Waals surface area contributed by atoms with E-state index in [1.54, 1.807) is 0 Å². The lowest BCUT2D eigenvalue weighted by molar-refractivity contribution is 0.251. The molecular formula is C12H11BrFN5O. The minimum absolute atomic E-state index is 0.195. The van der Waals surface area contributed by atoms with Crippen LogP contribution in [-0.2, 0) is 6.54 Å². The molecule has 0 aliphatic rings. The van der Waals surface area contributed by atoms with Gasteiger partial charge < -0.3 is 16.4 Å². The van der Waals surface area contributed by atoms with Crippen molar-refractivity contribution >= 4 is 33.5 Å². The van der Waals surface area contributed by atoms with Crippen molar-refractivity contribution in [2.75, 3.05) is 11.1 Å². The molecule has 104 valence electrons. The van der Waals surface area contributed by atoms with Crippen LogP contribution in [0.3, 0.4) is 0 Å². The monoisotopic (exact) mass is 339 g/mol. The first-order chi connectivity index (χ1) is 9.56. The van der Waals surface area contributed by atoms with Crippen molar-refractivity contribution in [1.29, 1.82) is 0 Å². The van der Waals surface area contributed by atoms with Gasteiger partial charge in [-0.05, 0) is 34.1 Å². The van der Waals surface area contributed by atoms with Crippen LogP contribution in [0.25, 0.3) is 0 Å². The van der Waals surface area contributed by atoms with Crippen molar-refractivity contribution in [2.24, 2.45) is 0 Å². The van der Waals surface area contributed by atoms with Crippen molar-refractivity contribution in [1.82, 2.24) is 15.3 Å². The molecule has 0 atom stereocenters. The van der Waals surface area contributed by atoms with Gasteiger partial charge in [-0.2, -0.15) is 0 Å². The van der Waals surface area contributed by atoms with Crippen LogP contribution >= 0.6 is 15.9 Å². The highest BCUT2D eigenvalue weighted by Crippen LogP contribution is 2.19. The number of nitrogens with two attached hydrogens (primary N) is 1. The number of nitrogens with one attached hydrogen (secondary N) is 2. The molecule has 1 aromatic carbocycles. The fourth-order valence-corrected chi connectivity index (χ4v) is 1.81. The van der Waals surface area contributed by atoms with Crippen LogP contribution in [-0.4, -0.2) is 16.0 Å². The van der Waals surface area contributed by atoms with Crippen molar-refractivity contribution < 1.29 is 9.18 Å². The molecule has 20 heavy (non-hydrogen) atoms. The summed E-state index contributed by atoms with van der Waals surface area (Å²) in [7, 11) is 0. The molecule has 6 nitrogen and oxygen atoms in total. The third-order valence-corrected chi connectivity index (χ3v) is 3.05. The van der Waals surface area contributed by atoms with Gasteiger partial charge in [-0.1, -0.05) is 0 Å². The Labute approximate surface area is 122 Å². The maximum Gasteiger partial charge on any atom is 0.319 e. The molecule has 0 bridgehead atoms. The highest BCUT2D eigenvalue weighted by Gasteiger charge is 2.06. The predicted molar refractivity (Wildman–Crippen MR) is 76.4 cm³/mol. The van der Waals surface area contributed by atoms with Gasteiger partial charge in [0.25, 0.3) is 0 Å². The lowest BCUT2D eigenvalue weighted by Crippen LogP contribution is -2.28. The third kappa shape index (κ3) is 3.64. The summed E-state index contributed by atoms with van der Waals surface area (Å²) in [5.41, 5.74) is 6.70. The number of nitrogens with zero attached hydrogens (tertiary/aromatic N) is 2. The molecule has 0 saturated carbocycles. The molecule has 2 rings (SSSR count). The van der Waals surface area contributed by atoms with Crippen molar-refractivity contribution in [3.63, 3.8) is 0 Å². The lowest BCUT2D eigenvalue weighted by Gasteiger charge is -2.09. The zero-order valence-corrected chi connectivity index (χ0v) is 11.8. The Morgan fingerprint density at radius 3 is 2.95 bits per heavy atom. The normalized spacial score (nSPS) is 10.1. The van der Waals surface area contributed by atoms with Crippen LogP contribution in [0.15, 0.2) is 35.2 Å². The largest absolute Gasteiger partial charge is 0.383 e. The zero-order chi connectivity index (χ0) is 14.5. The van der Waals surface area contributed by atoms with Gasteiger partial charge in [-0.15, -0.1) is 0 Å². The molecule has 8 heteroatoms. The fourth-order valence-electron chi connectivity index (χ4n) is 1.43. The highest BCUT2D eigenvalue weighted by molar-refractivity contribution is 9.10. The number of nitrogen functional groups attached to an aromatic ring is 1. The van der Waals surface area contributed by atoms with E-state index in [0.717, 1.165) is 0 Å². The van der Waals surface area contributed by atoms with Crippen molar-refractivity contribution in [3.8, 4) is 0 Å². The number of amides is 2. The first-order valence-electron chi connectivity index (χ1n) is 5.60. The molecular weight excluding hydrogens is 329 g/mol. The summed E-state index contributed by atoms with van der Waals surface area (Å²) >= 11 is 3.04. The number of urea groups is 1. The number of carbonyl (C=O) groups is 1. The smallest absolute Gasteiger partial charge is 0.319 e. The van der Waals surface area contributed by atoms with E-state index in [1.807, 2.05) is 0 Å². The first-order valence-corrected chi connectivity index (χ1v) is 6.40. The van der Waals surface area contributed by atoms with Crippen molar-refractivity contribution in [2.45, 2.75) is 6.54 Å². The zero-order valence-electron chi connectivity index (χ0n) is 10.2. The number of hydrogen-bond donors (Lipinski definition) is 3. The highest BCUT2D eigenvalue weighted by atomic mass is 79.9. The van der Waals surface area contributed by atoms with Crippen LogP contribution in [0, 0.1) is 5.82 Å². The quantitative estimate of drug-likeness (QED) is 0.799. The summed E-state index contributed by atoms with van der Waals surface area (Å²) in [5, 5.41) is 5.17. The van der Waals surface area contributed by atoms with Gasteiger partial charge >= 0.3 is 6.03 Å². The molecule has 0 spiro atoms. The van der Waals surface area contributed by atoms with Crippen LogP contribution in [0.5, 0.6) is 0 Å². The molecule has 0 saturated heterocycles. The standard InChI is InChI=1S/C12H11BrFN5O/c13-9-3-8(1-2-10(9)14)19-12(20)17-5-7-4-16-6-18-11(7)15/h1-4,6H,5H2,(H2,15,16,18)(H2,17,19,20). The summed E-state index contributed by atoms with van der Waals surface area (Å²) in [6.07, 6.45) is 2.85. The molecule has 0 fully saturated rings. The average Bonchev–Trinajstić information content (AvgIpc) is 2.42. The molecule has 0 unspecified atom stereocenters. The van der Waals surface area contributed by atoms with Crippen LogP contribution < -0.4 is 16.4 Å². The minimum Gasteiger partial charge on any atom is -0.383 e. The van der Waals surface area contributed by atoms with Crippen LogP contribution in [0.2, 0.25) is 0 Å². The van der Waals surface area contributed by atoms with Gasteiger partial charge in [-0.25, -0.2) is 19.2 Å². The van der Waals surface area contributed by atoms with E-state index in [0.29, 0.717) is 17.1 Å². The number of aromatic nitrogens is 2. The van der Waals surface area contributed by atoms with E-state index in [-0.39, 0.29) is 11.0 Å². The predicted octanol–water partition coefficient (Wildman–Crippen LogP) is 2.28. The Hall–Kier alpha value is -2.22. The van der Waals surface area contributed by atoms with Crippen LogP contribution in [0.4, 0.5) is 20.7 Å². The number of anilines is 2. The van der Waals surface area contributed by atoms with Gasteiger partial charge in [0.2, 0.25) is 0 Å². The Morgan fingerprint density at radius 2 is 2.25 bits per heavy atom. The second-order valence-electron chi connectivity index (χ2n) is 3.87. The molecule has 0 aliphatic heterocycles. The summed E-state index contributed by atoms with van der Waals surface area (Å²) < 4.78 is 13.3. The first kappa shape index (κ1) is 14.2. The van der Waals surface area contributed by atoms with E-state index < -0.39 is 11.8 Å². The van der Waals surface area contributed by atoms with E-state index >= 15 is 0 Å².